The third-order valence-electron chi connectivity index (χ3n) is 2.92. The molecule has 0 saturated carbocycles. The van der Waals surface area contributed by atoms with Crippen molar-refractivity contribution in [3.63, 3.8) is 0 Å². The number of hydrogen-bond donors (Lipinski definition) is 0. The predicted molar refractivity (Wildman–Crippen MR) is 75.9 cm³/mol. The van der Waals surface area contributed by atoms with Crippen molar-refractivity contribution < 1.29 is 13.2 Å². The van der Waals surface area contributed by atoms with Crippen molar-refractivity contribution in [2.75, 3.05) is 10.7 Å². The molecule has 0 aliphatic carbocycles. The molecule has 2 rings (SSSR count). The molecular formula is C13H14ClNO3S. The van der Waals surface area contributed by atoms with E-state index in [1.807, 2.05) is 0 Å². The van der Waals surface area contributed by atoms with Crippen LogP contribution in [0.5, 0.6) is 0 Å². The van der Waals surface area contributed by atoms with Crippen LogP contribution in [0.25, 0.3) is 0 Å². The van der Waals surface area contributed by atoms with Crippen LogP contribution in [0.3, 0.4) is 0 Å². The number of anilines is 1. The molecule has 1 heterocycles. The standard InChI is InChI=1S/C13H14ClNO3S/c1-2-13(16)15(11-5-3-10(14)4-6-11)12-7-8-19(17,18)9-12/h3-8,12H,2,9H2,1H3/t12-/m0/s1. The van der Waals surface area contributed by atoms with Crippen LogP contribution < -0.4 is 4.90 Å². The Bertz CT molecular complexity index is 607. The molecule has 0 bridgehead atoms. The zero-order valence-electron chi connectivity index (χ0n) is 10.4. The number of carbonyl (C=O) groups excluding carboxylic acids is 1. The maximum Gasteiger partial charge on any atom is 0.227 e. The van der Waals surface area contributed by atoms with Crippen molar-refractivity contribution >= 4 is 33.0 Å². The second-order valence-electron chi connectivity index (χ2n) is 4.32. The summed E-state index contributed by atoms with van der Waals surface area (Å²) in [6.45, 7) is 1.75. The summed E-state index contributed by atoms with van der Waals surface area (Å²) in [6, 6.07) is 6.35. The number of sulfone groups is 1. The monoisotopic (exact) mass is 299 g/mol. The molecular weight excluding hydrogens is 286 g/mol. The van der Waals surface area contributed by atoms with Crippen LogP contribution in [-0.4, -0.2) is 26.1 Å². The molecule has 0 radical (unpaired) electrons. The van der Waals surface area contributed by atoms with Gasteiger partial charge in [0, 0.05) is 22.5 Å². The van der Waals surface area contributed by atoms with Gasteiger partial charge in [-0.25, -0.2) is 8.42 Å². The number of rotatable bonds is 3. The van der Waals surface area contributed by atoms with E-state index < -0.39 is 15.9 Å². The Labute approximate surface area is 117 Å². The second kappa shape index (κ2) is 5.35. The summed E-state index contributed by atoms with van der Waals surface area (Å²) < 4.78 is 23.0. The van der Waals surface area contributed by atoms with Gasteiger partial charge < -0.3 is 4.90 Å². The largest absolute Gasteiger partial charge is 0.304 e. The molecule has 1 aliphatic rings. The normalized spacial score (nSPS) is 20.4. The van der Waals surface area contributed by atoms with Gasteiger partial charge in [0.15, 0.2) is 9.84 Å². The Balaban J connectivity index is 2.35. The van der Waals surface area contributed by atoms with E-state index in [0.717, 1.165) is 0 Å². The SMILES string of the molecule is CCC(=O)N(c1ccc(Cl)cc1)[C@H]1C=CS(=O)(=O)C1. The highest BCUT2D eigenvalue weighted by molar-refractivity contribution is 7.94. The molecule has 1 aromatic rings. The average molecular weight is 300 g/mol. The van der Waals surface area contributed by atoms with Gasteiger partial charge in [-0.3, -0.25) is 4.79 Å². The number of hydrogen-bond acceptors (Lipinski definition) is 3. The van der Waals surface area contributed by atoms with E-state index in [1.165, 1.54) is 10.3 Å². The van der Waals surface area contributed by atoms with Crippen LogP contribution in [0, 0.1) is 0 Å². The van der Waals surface area contributed by atoms with Crippen molar-refractivity contribution in [3.8, 4) is 0 Å². The molecule has 0 aromatic heterocycles. The van der Waals surface area contributed by atoms with E-state index in [1.54, 1.807) is 37.3 Å². The minimum Gasteiger partial charge on any atom is -0.304 e. The summed E-state index contributed by atoms with van der Waals surface area (Å²) in [7, 11) is -3.20. The van der Waals surface area contributed by atoms with Crippen LogP contribution in [0.15, 0.2) is 35.7 Å². The van der Waals surface area contributed by atoms with Gasteiger partial charge in [0.1, 0.15) is 0 Å². The van der Waals surface area contributed by atoms with Crippen LogP contribution in [-0.2, 0) is 14.6 Å². The Kier molecular flexibility index (Phi) is 3.96. The third kappa shape index (κ3) is 3.16. The molecule has 0 saturated heterocycles. The number of carbonyl (C=O) groups is 1. The zero-order valence-corrected chi connectivity index (χ0v) is 12.0. The van der Waals surface area contributed by atoms with Crippen molar-refractivity contribution in [3.05, 3.63) is 40.8 Å². The highest BCUT2D eigenvalue weighted by Gasteiger charge is 2.30. The van der Waals surface area contributed by atoms with Gasteiger partial charge >= 0.3 is 0 Å². The van der Waals surface area contributed by atoms with E-state index in [4.69, 9.17) is 11.6 Å². The van der Waals surface area contributed by atoms with Crippen LogP contribution >= 0.6 is 11.6 Å². The number of nitrogens with zero attached hydrogens (tertiary/aromatic N) is 1. The number of benzene rings is 1. The quantitative estimate of drug-likeness (QED) is 0.861. The topological polar surface area (TPSA) is 54.5 Å². The zero-order chi connectivity index (χ0) is 14.0. The first-order valence-electron chi connectivity index (χ1n) is 5.91. The first-order valence-corrected chi connectivity index (χ1v) is 8.01. The molecule has 0 N–H and O–H groups in total. The van der Waals surface area contributed by atoms with Crippen molar-refractivity contribution in [2.45, 2.75) is 19.4 Å². The van der Waals surface area contributed by atoms with Gasteiger partial charge in [0.2, 0.25) is 5.91 Å². The minimum absolute atomic E-state index is 0.0681. The molecule has 1 aromatic carbocycles. The van der Waals surface area contributed by atoms with Crippen LogP contribution in [0.2, 0.25) is 5.02 Å². The van der Waals surface area contributed by atoms with E-state index >= 15 is 0 Å². The van der Waals surface area contributed by atoms with Gasteiger partial charge in [0.25, 0.3) is 0 Å². The first-order chi connectivity index (χ1) is 8.93. The van der Waals surface area contributed by atoms with Gasteiger partial charge in [0.05, 0.1) is 11.8 Å². The molecule has 1 amide bonds. The maximum atomic E-state index is 12.1. The lowest BCUT2D eigenvalue weighted by Crippen LogP contribution is -2.40. The molecule has 0 fully saturated rings. The molecule has 1 aliphatic heterocycles. The Morgan fingerprint density at radius 3 is 2.47 bits per heavy atom. The van der Waals surface area contributed by atoms with Crippen molar-refractivity contribution in [1.82, 2.24) is 0 Å². The second-order valence-corrected chi connectivity index (χ2v) is 6.69. The third-order valence-corrected chi connectivity index (χ3v) is 4.55. The lowest BCUT2D eigenvalue weighted by atomic mass is 10.2. The molecule has 0 unspecified atom stereocenters. The lowest BCUT2D eigenvalue weighted by Gasteiger charge is -2.27. The highest BCUT2D eigenvalue weighted by atomic mass is 35.5. The molecule has 1 atom stereocenters. The van der Waals surface area contributed by atoms with Gasteiger partial charge in [-0.05, 0) is 30.3 Å². The first kappa shape index (κ1) is 14.1. The average Bonchev–Trinajstić information content (AvgIpc) is 2.72. The lowest BCUT2D eigenvalue weighted by molar-refractivity contribution is -0.118. The van der Waals surface area contributed by atoms with Gasteiger partial charge in [-0.2, -0.15) is 0 Å². The number of amides is 1. The fraction of sp³-hybridized carbons (Fsp3) is 0.308. The minimum atomic E-state index is -3.20. The van der Waals surface area contributed by atoms with Gasteiger partial charge in [-0.15, -0.1) is 0 Å². The van der Waals surface area contributed by atoms with Crippen molar-refractivity contribution in [1.29, 1.82) is 0 Å². The van der Waals surface area contributed by atoms with E-state index in [2.05, 4.69) is 0 Å². The summed E-state index contributed by atoms with van der Waals surface area (Å²) in [4.78, 5) is 13.6. The van der Waals surface area contributed by atoms with E-state index in [-0.39, 0.29) is 11.7 Å². The molecule has 6 heteroatoms. The summed E-state index contributed by atoms with van der Waals surface area (Å²) in [6.07, 6.45) is 1.87. The summed E-state index contributed by atoms with van der Waals surface area (Å²) >= 11 is 5.82. The van der Waals surface area contributed by atoms with Crippen molar-refractivity contribution in [2.24, 2.45) is 0 Å². The molecule has 19 heavy (non-hydrogen) atoms. The summed E-state index contributed by atoms with van der Waals surface area (Å²) in [5.41, 5.74) is 0.656. The van der Waals surface area contributed by atoms with E-state index in [0.29, 0.717) is 17.1 Å². The van der Waals surface area contributed by atoms with Gasteiger partial charge in [-0.1, -0.05) is 18.5 Å². The summed E-state index contributed by atoms with van der Waals surface area (Å²) in [5, 5.41) is 1.74. The summed E-state index contributed by atoms with van der Waals surface area (Å²) in [5.74, 6) is -0.185. The molecule has 0 spiro atoms. The molecule has 102 valence electrons. The Hall–Kier alpha value is -1.33. The van der Waals surface area contributed by atoms with Crippen LogP contribution in [0.1, 0.15) is 13.3 Å². The van der Waals surface area contributed by atoms with E-state index in [9.17, 15) is 13.2 Å². The smallest absolute Gasteiger partial charge is 0.227 e. The predicted octanol–water partition coefficient (Wildman–Crippen LogP) is 2.39. The maximum absolute atomic E-state index is 12.1. The Morgan fingerprint density at radius 1 is 1.37 bits per heavy atom. The Morgan fingerprint density at radius 2 is 2.00 bits per heavy atom. The molecule has 4 nitrogen and oxygen atoms in total. The van der Waals surface area contributed by atoms with Crippen LogP contribution in [0.4, 0.5) is 5.69 Å². The fourth-order valence-corrected chi connectivity index (χ4v) is 3.41. The number of halogens is 1. The highest BCUT2D eigenvalue weighted by Crippen LogP contribution is 2.25. The fourth-order valence-electron chi connectivity index (χ4n) is 2.01.